The van der Waals surface area contributed by atoms with Gasteiger partial charge in [-0.25, -0.2) is 9.78 Å². The third-order valence-corrected chi connectivity index (χ3v) is 6.57. The first-order valence-corrected chi connectivity index (χ1v) is 10.4. The topological polar surface area (TPSA) is 75.0 Å². The summed E-state index contributed by atoms with van der Waals surface area (Å²) in [4.78, 5) is 22.0. The number of ether oxygens (including phenoxy) is 3. The normalized spacial score (nSPS) is 29.6. The molecule has 0 aromatic carbocycles. The van der Waals surface area contributed by atoms with Crippen LogP contribution in [0.15, 0.2) is 12.4 Å². The second kappa shape index (κ2) is 6.44. The molecule has 3 fully saturated rings. The average molecular weight is 385 g/mol. The van der Waals surface area contributed by atoms with E-state index in [-0.39, 0.29) is 17.1 Å². The highest BCUT2D eigenvalue weighted by atomic mass is 16.5. The summed E-state index contributed by atoms with van der Waals surface area (Å²) in [5.41, 5.74) is 1.28. The second-order valence-electron chi connectivity index (χ2n) is 8.73. The summed E-state index contributed by atoms with van der Waals surface area (Å²) in [6.07, 6.45) is 11.2. The zero-order valence-corrected chi connectivity index (χ0v) is 16.6. The van der Waals surface area contributed by atoms with Gasteiger partial charge in [-0.1, -0.05) is 0 Å². The number of fused-ring (bicyclic) bond motifs is 3. The van der Waals surface area contributed by atoms with Crippen LogP contribution >= 0.6 is 0 Å². The van der Waals surface area contributed by atoms with Gasteiger partial charge in [-0.3, -0.25) is 4.40 Å². The van der Waals surface area contributed by atoms with Gasteiger partial charge in [-0.05, 0) is 58.8 Å². The van der Waals surface area contributed by atoms with Crippen molar-refractivity contribution in [1.82, 2.24) is 14.4 Å². The van der Waals surface area contributed by atoms with Crippen LogP contribution in [-0.4, -0.2) is 45.3 Å². The van der Waals surface area contributed by atoms with E-state index in [9.17, 15) is 4.79 Å². The van der Waals surface area contributed by atoms with Crippen molar-refractivity contribution in [1.29, 1.82) is 0 Å². The van der Waals surface area contributed by atoms with Gasteiger partial charge in [-0.15, -0.1) is 0 Å². The van der Waals surface area contributed by atoms with Crippen LogP contribution in [0.2, 0.25) is 0 Å². The van der Waals surface area contributed by atoms with Crippen LogP contribution in [0.4, 0.5) is 0 Å². The van der Waals surface area contributed by atoms with Crippen molar-refractivity contribution in [3.63, 3.8) is 0 Å². The molecule has 2 atom stereocenters. The van der Waals surface area contributed by atoms with Gasteiger partial charge in [0.25, 0.3) is 0 Å². The SMILES string of the molecule is CCOC(=O)c1cn2cc(C34CCC(C)(C3)OC4)nc2nc1OC1CCCC1. The molecule has 28 heavy (non-hydrogen) atoms. The van der Waals surface area contributed by atoms with Gasteiger partial charge in [0, 0.05) is 17.8 Å². The number of aromatic nitrogens is 3. The molecular weight excluding hydrogens is 358 g/mol. The molecule has 3 aliphatic rings. The molecule has 3 heterocycles. The maximum absolute atomic E-state index is 12.5. The van der Waals surface area contributed by atoms with Crippen molar-refractivity contribution in [3.05, 3.63) is 23.7 Å². The summed E-state index contributed by atoms with van der Waals surface area (Å²) in [5.74, 6) is 0.494. The highest BCUT2D eigenvalue weighted by Crippen LogP contribution is 2.53. The van der Waals surface area contributed by atoms with Crippen molar-refractivity contribution in [2.45, 2.75) is 75.9 Å². The maximum Gasteiger partial charge on any atom is 0.345 e. The number of carbonyl (C=O) groups is 1. The lowest BCUT2D eigenvalue weighted by atomic mass is 9.84. The van der Waals surface area contributed by atoms with Crippen molar-refractivity contribution < 1.29 is 19.0 Å². The van der Waals surface area contributed by atoms with Gasteiger partial charge in [-0.2, -0.15) is 4.98 Å². The summed E-state index contributed by atoms with van der Waals surface area (Å²) in [7, 11) is 0. The van der Waals surface area contributed by atoms with Crippen LogP contribution in [-0.2, 0) is 14.9 Å². The fourth-order valence-corrected chi connectivity index (χ4v) is 5.01. The highest BCUT2D eigenvalue weighted by Gasteiger charge is 2.55. The first-order chi connectivity index (χ1) is 13.5. The van der Waals surface area contributed by atoms with Gasteiger partial charge in [0.2, 0.25) is 11.7 Å². The van der Waals surface area contributed by atoms with Crippen molar-refractivity contribution in [3.8, 4) is 5.88 Å². The molecule has 2 bridgehead atoms. The van der Waals surface area contributed by atoms with Crippen LogP contribution in [0.3, 0.4) is 0 Å². The molecule has 0 amide bonds. The Morgan fingerprint density at radius 3 is 2.75 bits per heavy atom. The number of imidazole rings is 1. The molecule has 2 unspecified atom stereocenters. The molecular formula is C21H27N3O4. The maximum atomic E-state index is 12.5. The zero-order chi connectivity index (χ0) is 19.4. The summed E-state index contributed by atoms with van der Waals surface area (Å²) in [6.45, 7) is 4.99. The Hall–Kier alpha value is -2.15. The quantitative estimate of drug-likeness (QED) is 0.734. The minimum absolute atomic E-state index is 0.0317. The Morgan fingerprint density at radius 1 is 1.29 bits per heavy atom. The molecule has 7 nitrogen and oxygen atoms in total. The number of carbonyl (C=O) groups excluding carboxylic acids is 1. The number of nitrogens with zero attached hydrogens (tertiary/aromatic N) is 3. The Labute approximate surface area is 164 Å². The monoisotopic (exact) mass is 385 g/mol. The standard InChI is InChI=1S/C21H27N3O4/c1-3-26-18(25)15-10-24-11-16(21-9-8-20(2,12-21)27-13-21)22-19(24)23-17(15)28-14-6-4-5-7-14/h10-11,14H,3-9,12-13H2,1-2H3. The van der Waals surface area contributed by atoms with Gasteiger partial charge < -0.3 is 14.2 Å². The summed E-state index contributed by atoms with van der Waals surface area (Å²) >= 11 is 0. The predicted molar refractivity (Wildman–Crippen MR) is 102 cm³/mol. The molecule has 1 aliphatic heterocycles. The van der Waals surface area contributed by atoms with Crippen molar-refractivity contribution in [2.75, 3.05) is 13.2 Å². The molecule has 5 rings (SSSR count). The van der Waals surface area contributed by atoms with E-state index < -0.39 is 5.97 Å². The molecule has 0 spiro atoms. The molecule has 1 saturated heterocycles. The second-order valence-corrected chi connectivity index (χ2v) is 8.73. The molecule has 0 N–H and O–H groups in total. The van der Waals surface area contributed by atoms with E-state index in [1.807, 2.05) is 10.6 Å². The van der Waals surface area contributed by atoms with Crippen LogP contribution in [0, 0.1) is 0 Å². The number of esters is 1. The zero-order valence-electron chi connectivity index (χ0n) is 16.6. The first kappa shape index (κ1) is 17.9. The lowest BCUT2D eigenvalue weighted by molar-refractivity contribution is -0.00627. The van der Waals surface area contributed by atoms with E-state index in [0.29, 0.717) is 30.4 Å². The van der Waals surface area contributed by atoms with Crippen molar-refractivity contribution in [2.24, 2.45) is 0 Å². The smallest absolute Gasteiger partial charge is 0.345 e. The summed E-state index contributed by atoms with van der Waals surface area (Å²) in [5, 5.41) is 0. The van der Waals surface area contributed by atoms with Gasteiger partial charge in [0.05, 0.1) is 24.5 Å². The molecule has 150 valence electrons. The van der Waals surface area contributed by atoms with E-state index in [2.05, 4.69) is 11.9 Å². The van der Waals surface area contributed by atoms with E-state index in [4.69, 9.17) is 19.2 Å². The van der Waals surface area contributed by atoms with E-state index in [0.717, 1.165) is 50.6 Å². The van der Waals surface area contributed by atoms with Gasteiger partial charge in [0.15, 0.2) is 0 Å². The molecule has 7 heteroatoms. The van der Waals surface area contributed by atoms with Crippen LogP contribution in [0.5, 0.6) is 5.88 Å². The Bertz CT molecular complexity index is 908. The molecule has 2 aliphatic carbocycles. The Balaban J connectivity index is 1.54. The molecule has 2 aromatic rings. The number of rotatable bonds is 5. The van der Waals surface area contributed by atoms with Crippen LogP contribution < -0.4 is 4.74 Å². The first-order valence-electron chi connectivity index (χ1n) is 10.4. The third-order valence-electron chi connectivity index (χ3n) is 6.57. The highest BCUT2D eigenvalue weighted by molar-refractivity contribution is 5.91. The van der Waals surface area contributed by atoms with E-state index in [1.165, 1.54) is 0 Å². The fourth-order valence-electron chi connectivity index (χ4n) is 5.01. The largest absolute Gasteiger partial charge is 0.474 e. The summed E-state index contributed by atoms with van der Waals surface area (Å²) < 4.78 is 19.2. The van der Waals surface area contributed by atoms with E-state index in [1.54, 1.807) is 13.1 Å². The lowest BCUT2D eigenvalue weighted by Crippen LogP contribution is -2.26. The molecule has 2 saturated carbocycles. The van der Waals surface area contributed by atoms with Crippen molar-refractivity contribution >= 4 is 11.7 Å². The van der Waals surface area contributed by atoms with Crippen LogP contribution in [0.1, 0.15) is 74.8 Å². The Kier molecular flexibility index (Phi) is 4.12. The minimum Gasteiger partial charge on any atom is -0.474 e. The minimum atomic E-state index is -0.407. The predicted octanol–water partition coefficient (Wildman–Crippen LogP) is 3.44. The van der Waals surface area contributed by atoms with Gasteiger partial charge >= 0.3 is 5.97 Å². The van der Waals surface area contributed by atoms with Crippen LogP contribution in [0.25, 0.3) is 5.78 Å². The Morgan fingerprint density at radius 2 is 2.11 bits per heavy atom. The van der Waals surface area contributed by atoms with Gasteiger partial charge in [0.1, 0.15) is 11.7 Å². The number of hydrogen-bond acceptors (Lipinski definition) is 6. The lowest BCUT2D eigenvalue weighted by Gasteiger charge is -2.24. The summed E-state index contributed by atoms with van der Waals surface area (Å²) in [6, 6.07) is 0. The fraction of sp³-hybridized carbons (Fsp3) is 0.667. The third kappa shape index (κ3) is 2.87. The molecule has 0 radical (unpaired) electrons. The number of hydrogen-bond donors (Lipinski definition) is 0. The average Bonchev–Trinajstić information content (AvgIpc) is 3.43. The molecule has 2 aromatic heterocycles. The van der Waals surface area contributed by atoms with E-state index >= 15 is 0 Å².